The smallest absolute Gasteiger partial charge is 0.223 e. The molecule has 1 amide bonds. The molecule has 1 atom stereocenters. The third kappa shape index (κ3) is 5.43. The summed E-state index contributed by atoms with van der Waals surface area (Å²) in [7, 11) is 0. The van der Waals surface area contributed by atoms with Crippen molar-refractivity contribution in [2.24, 2.45) is 5.92 Å². The van der Waals surface area contributed by atoms with Gasteiger partial charge in [-0.2, -0.15) is 0 Å². The number of benzene rings is 2. The molecule has 1 saturated heterocycles. The van der Waals surface area contributed by atoms with Gasteiger partial charge in [0.25, 0.3) is 0 Å². The molecule has 1 N–H and O–H groups in total. The summed E-state index contributed by atoms with van der Waals surface area (Å²) in [5.41, 5.74) is 5.01. The third-order valence-electron chi connectivity index (χ3n) is 5.54. The first kappa shape index (κ1) is 20.1. The Kier molecular flexibility index (Phi) is 6.72. The molecular formula is C23H29BrN2O. The fraction of sp³-hybridized carbons (Fsp3) is 0.435. The Bertz CT molecular complexity index is 779. The predicted molar refractivity (Wildman–Crippen MR) is 115 cm³/mol. The summed E-state index contributed by atoms with van der Waals surface area (Å²) in [5.74, 6) is 0.324. The quantitative estimate of drug-likeness (QED) is 0.713. The normalized spacial score (nSPS) is 16.9. The molecule has 0 aliphatic carbocycles. The van der Waals surface area contributed by atoms with Gasteiger partial charge in [0.05, 0.1) is 6.04 Å². The highest BCUT2D eigenvalue weighted by atomic mass is 79.9. The molecule has 4 heteroatoms. The number of hydrogen-bond donors (Lipinski definition) is 1. The van der Waals surface area contributed by atoms with Gasteiger partial charge in [-0.05, 0) is 75.5 Å². The lowest BCUT2D eigenvalue weighted by molar-refractivity contribution is -0.127. The molecule has 0 saturated carbocycles. The van der Waals surface area contributed by atoms with Crippen LogP contribution < -0.4 is 5.32 Å². The molecular weight excluding hydrogens is 400 g/mol. The van der Waals surface area contributed by atoms with Crippen LogP contribution in [0.3, 0.4) is 0 Å². The highest BCUT2D eigenvalue weighted by Gasteiger charge is 2.26. The highest BCUT2D eigenvalue weighted by Crippen LogP contribution is 2.23. The van der Waals surface area contributed by atoms with E-state index >= 15 is 0 Å². The van der Waals surface area contributed by atoms with Crippen LogP contribution in [0.15, 0.2) is 46.9 Å². The van der Waals surface area contributed by atoms with E-state index in [1.54, 1.807) is 0 Å². The minimum atomic E-state index is 0.0539. The van der Waals surface area contributed by atoms with Crippen LogP contribution in [0.1, 0.15) is 48.1 Å². The average Bonchev–Trinajstić information content (AvgIpc) is 2.66. The minimum Gasteiger partial charge on any atom is -0.349 e. The molecule has 1 fully saturated rings. The zero-order chi connectivity index (χ0) is 19.4. The number of halogens is 1. The van der Waals surface area contributed by atoms with Gasteiger partial charge in [0.2, 0.25) is 5.91 Å². The van der Waals surface area contributed by atoms with Crippen molar-refractivity contribution in [3.63, 3.8) is 0 Å². The van der Waals surface area contributed by atoms with Crippen LogP contribution in [0.4, 0.5) is 0 Å². The van der Waals surface area contributed by atoms with Gasteiger partial charge in [0.15, 0.2) is 0 Å². The number of aryl methyl sites for hydroxylation is 2. The second-order valence-electron chi connectivity index (χ2n) is 7.77. The van der Waals surface area contributed by atoms with E-state index in [9.17, 15) is 4.79 Å². The van der Waals surface area contributed by atoms with Crippen molar-refractivity contribution in [3.05, 3.63) is 69.2 Å². The molecule has 1 aliphatic rings. The molecule has 0 aromatic heterocycles. The zero-order valence-corrected chi connectivity index (χ0v) is 18.1. The zero-order valence-electron chi connectivity index (χ0n) is 16.5. The standard InChI is InChI=1S/C23H29BrN2O/c1-16-4-5-17(2)22(14-16)18(3)25-23(27)20-10-12-26(13-11-20)15-19-6-8-21(24)9-7-19/h4-9,14,18,20H,10-13,15H2,1-3H3,(H,25,27)/t18-/m1/s1. The molecule has 27 heavy (non-hydrogen) atoms. The van der Waals surface area contributed by atoms with Crippen molar-refractivity contribution in [2.45, 2.75) is 46.2 Å². The Morgan fingerprint density at radius 3 is 2.48 bits per heavy atom. The van der Waals surface area contributed by atoms with Crippen LogP contribution in [0, 0.1) is 19.8 Å². The van der Waals surface area contributed by atoms with Gasteiger partial charge < -0.3 is 5.32 Å². The highest BCUT2D eigenvalue weighted by molar-refractivity contribution is 9.10. The minimum absolute atomic E-state index is 0.0539. The Morgan fingerprint density at radius 2 is 1.81 bits per heavy atom. The number of amides is 1. The van der Waals surface area contributed by atoms with E-state index in [-0.39, 0.29) is 17.9 Å². The predicted octanol–water partition coefficient (Wildman–Crippen LogP) is 5.16. The molecule has 0 spiro atoms. The van der Waals surface area contributed by atoms with E-state index in [4.69, 9.17) is 0 Å². The first-order chi connectivity index (χ1) is 12.9. The maximum Gasteiger partial charge on any atom is 0.223 e. The summed E-state index contributed by atoms with van der Waals surface area (Å²) >= 11 is 3.48. The lowest BCUT2D eigenvalue weighted by Crippen LogP contribution is -2.41. The van der Waals surface area contributed by atoms with Crippen molar-refractivity contribution >= 4 is 21.8 Å². The van der Waals surface area contributed by atoms with Crippen LogP contribution in [0.25, 0.3) is 0 Å². The van der Waals surface area contributed by atoms with Gasteiger partial charge in [-0.3, -0.25) is 9.69 Å². The van der Waals surface area contributed by atoms with Crippen molar-refractivity contribution in [1.82, 2.24) is 10.2 Å². The molecule has 0 radical (unpaired) electrons. The molecule has 2 aromatic rings. The van der Waals surface area contributed by atoms with Crippen molar-refractivity contribution < 1.29 is 4.79 Å². The number of hydrogen-bond acceptors (Lipinski definition) is 2. The SMILES string of the molecule is Cc1ccc(C)c([C@@H](C)NC(=O)C2CCN(Cc3ccc(Br)cc3)CC2)c1. The molecule has 1 aliphatic heterocycles. The van der Waals surface area contributed by atoms with E-state index in [2.05, 4.69) is 89.4 Å². The summed E-state index contributed by atoms with van der Waals surface area (Å²) in [6.45, 7) is 9.21. The van der Waals surface area contributed by atoms with Gasteiger partial charge in [-0.1, -0.05) is 51.8 Å². The fourth-order valence-corrected chi connectivity index (χ4v) is 4.10. The molecule has 3 nitrogen and oxygen atoms in total. The van der Waals surface area contributed by atoms with E-state index in [1.807, 2.05) is 0 Å². The number of carbonyl (C=O) groups excluding carboxylic acids is 1. The number of nitrogens with zero attached hydrogens (tertiary/aromatic N) is 1. The van der Waals surface area contributed by atoms with E-state index in [1.165, 1.54) is 22.3 Å². The number of rotatable bonds is 5. The number of carbonyl (C=O) groups is 1. The monoisotopic (exact) mass is 428 g/mol. The Hall–Kier alpha value is -1.65. The largest absolute Gasteiger partial charge is 0.349 e. The summed E-state index contributed by atoms with van der Waals surface area (Å²) in [4.78, 5) is 15.2. The molecule has 144 valence electrons. The molecule has 0 bridgehead atoms. The lowest BCUT2D eigenvalue weighted by Gasteiger charge is -2.32. The molecule has 0 unspecified atom stereocenters. The summed E-state index contributed by atoms with van der Waals surface area (Å²) in [5, 5.41) is 3.24. The average molecular weight is 429 g/mol. The van der Waals surface area contributed by atoms with Crippen molar-refractivity contribution in [1.29, 1.82) is 0 Å². The van der Waals surface area contributed by atoms with Gasteiger partial charge in [-0.25, -0.2) is 0 Å². The summed E-state index contributed by atoms with van der Waals surface area (Å²) in [6, 6.07) is 15.0. The van der Waals surface area contributed by atoms with E-state index in [0.29, 0.717) is 0 Å². The van der Waals surface area contributed by atoms with Gasteiger partial charge >= 0.3 is 0 Å². The Labute approximate surface area is 171 Å². The van der Waals surface area contributed by atoms with Gasteiger partial charge in [0.1, 0.15) is 0 Å². The summed E-state index contributed by atoms with van der Waals surface area (Å²) in [6.07, 6.45) is 1.86. The van der Waals surface area contributed by atoms with Crippen LogP contribution in [0.5, 0.6) is 0 Å². The maximum atomic E-state index is 12.7. The second-order valence-corrected chi connectivity index (χ2v) is 8.68. The maximum absolute atomic E-state index is 12.7. The van der Waals surface area contributed by atoms with Crippen molar-refractivity contribution in [2.75, 3.05) is 13.1 Å². The first-order valence-corrected chi connectivity index (χ1v) is 10.6. The van der Waals surface area contributed by atoms with Gasteiger partial charge in [-0.15, -0.1) is 0 Å². The molecule has 1 heterocycles. The second kappa shape index (κ2) is 9.03. The topological polar surface area (TPSA) is 32.3 Å². The van der Waals surface area contributed by atoms with Gasteiger partial charge in [0, 0.05) is 16.9 Å². The van der Waals surface area contributed by atoms with Crippen molar-refractivity contribution in [3.8, 4) is 0 Å². The van der Waals surface area contributed by atoms with Crippen LogP contribution >= 0.6 is 15.9 Å². The number of piperidine rings is 1. The van der Waals surface area contributed by atoms with E-state index < -0.39 is 0 Å². The number of likely N-dealkylation sites (tertiary alicyclic amines) is 1. The molecule has 2 aromatic carbocycles. The summed E-state index contributed by atoms with van der Waals surface area (Å²) < 4.78 is 1.11. The number of nitrogens with one attached hydrogen (secondary N) is 1. The lowest BCUT2D eigenvalue weighted by atomic mass is 9.94. The first-order valence-electron chi connectivity index (χ1n) is 9.76. The van der Waals surface area contributed by atoms with Crippen LogP contribution in [-0.4, -0.2) is 23.9 Å². The third-order valence-corrected chi connectivity index (χ3v) is 6.07. The van der Waals surface area contributed by atoms with Crippen LogP contribution in [-0.2, 0) is 11.3 Å². The Morgan fingerprint density at radius 1 is 1.15 bits per heavy atom. The van der Waals surface area contributed by atoms with Crippen LogP contribution in [0.2, 0.25) is 0 Å². The molecule has 3 rings (SSSR count). The Balaban J connectivity index is 1.50. The van der Waals surface area contributed by atoms with E-state index in [0.717, 1.165) is 36.9 Å². The fourth-order valence-electron chi connectivity index (χ4n) is 3.84.